The number of ether oxygens (including phenoxy) is 3. The summed E-state index contributed by atoms with van der Waals surface area (Å²) >= 11 is 0. The molecule has 0 atom stereocenters. The van der Waals surface area contributed by atoms with Crippen molar-refractivity contribution in [2.45, 2.75) is 33.4 Å². The van der Waals surface area contributed by atoms with Crippen LogP contribution in [0.3, 0.4) is 0 Å². The maximum atomic E-state index is 11.8. The van der Waals surface area contributed by atoms with Crippen LogP contribution in [0, 0.1) is 6.92 Å². The normalized spacial score (nSPS) is 13.2. The highest BCUT2D eigenvalue weighted by Gasteiger charge is 2.22. The van der Waals surface area contributed by atoms with E-state index in [4.69, 9.17) is 23.6 Å². The third-order valence-corrected chi connectivity index (χ3v) is 5.11. The Morgan fingerprint density at radius 3 is 2.45 bits per heavy atom. The zero-order valence-corrected chi connectivity index (χ0v) is 20.9. The van der Waals surface area contributed by atoms with Crippen molar-refractivity contribution in [1.29, 1.82) is 0 Å². The Balaban J connectivity index is 0.00000341. The third kappa shape index (κ3) is 5.63. The van der Waals surface area contributed by atoms with E-state index in [9.17, 15) is 4.79 Å². The number of methoxy groups -OCH3 is 3. The Bertz CT molecular complexity index is 941. The van der Waals surface area contributed by atoms with Crippen LogP contribution in [0.4, 0.5) is 0 Å². The number of esters is 1. The SMILES string of the molecule is CCNC(=NCc1cc(C(=O)OC)c(C)o1)N1CCc2cc(OC)c(OC)cc2C1.I. The van der Waals surface area contributed by atoms with E-state index >= 15 is 0 Å². The van der Waals surface area contributed by atoms with E-state index in [0.717, 1.165) is 37.0 Å². The van der Waals surface area contributed by atoms with Gasteiger partial charge in [0.05, 0.1) is 21.3 Å². The maximum absolute atomic E-state index is 11.8. The molecule has 2 heterocycles. The number of carbonyl (C=O) groups excluding carboxylic acids is 1. The molecular formula is C22H30IN3O5. The van der Waals surface area contributed by atoms with Crippen molar-refractivity contribution in [2.75, 3.05) is 34.4 Å². The molecule has 9 heteroatoms. The molecule has 31 heavy (non-hydrogen) atoms. The number of aryl methyl sites for hydroxylation is 1. The summed E-state index contributed by atoms with van der Waals surface area (Å²) < 4.78 is 21.3. The molecule has 0 unspecified atom stereocenters. The number of halogens is 1. The summed E-state index contributed by atoms with van der Waals surface area (Å²) in [6, 6.07) is 5.77. The smallest absolute Gasteiger partial charge is 0.341 e. The molecule has 8 nitrogen and oxygen atoms in total. The van der Waals surface area contributed by atoms with E-state index in [0.29, 0.717) is 30.2 Å². The van der Waals surface area contributed by atoms with E-state index in [-0.39, 0.29) is 24.0 Å². The first-order valence-corrected chi connectivity index (χ1v) is 9.95. The van der Waals surface area contributed by atoms with Crippen molar-refractivity contribution in [3.63, 3.8) is 0 Å². The van der Waals surface area contributed by atoms with Crippen molar-refractivity contribution in [3.8, 4) is 11.5 Å². The third-order valence-electron chi connectivity index (χ3n) is 5.11. The van der Waals surface area contributed by atoms with Crippen LogP contribution in [0.5, 0.6) is 11.5 Å². The van der Waals surface area contributed by atoms with Crippen LogP contribution in [0.1, 0.15) is 39.9 Å². The molecule has 1 aromatic heterocycles. The van der Waals surface area contributed by atoms with Crippen LogP contribution < -0.4 is 14.8 Å². The molecule has 3 rings (SSSR count). The summed E-state index contributed by atoms with van der Waals surface area (Å²) in [4.78, 5) is 18.7. The molecule has 170 valence electrons. The van der Waals surface area contributed by atoms with Gasteiger partial charge in [-0.2, -0.15) is 0 Å². The Kier molecular flexibility index (Phi) is 9.02. The number of nitrogens with one attached hydrogen (secondary N) is 1. The zero-order chi connectivity index (χ0) is 21.7. The minimum atomic E-state index is -0.407. The molecule has 0 spiro atoms. The first-order chi connectivity index (χ1) is 14.5. The van der Waals surface area contributed by atoms with Gasteiger partial charge in [0.25, 0.3) is 0 Å². The van der Waals surface area contributed by atoms with Crippen LogP contribution >= 0.6 is 24.0 Å². The molecule has 1 aromatic carbocycles. The monoisotopic (exact) mass is 543 g/mol. The van der Waals surface area contributed by atoms with E-state index in [1.807, 2.05) is 13.0 Å². The van der Waals surface area contributed by atoms with Crippen LogP contribution in [0.25, 0.3) is 0 Å². The van der Waals surface area contributed by atoms with Crippen molar-refractivity contribution >= 4 is 35.9 Å². The lowest BCUT2D eigenvalue weighted by Crippen LogP contribution is -2.44. The zero-order valence-electron chi connectivity index (χ0n) is 18.6. The number of carbonyl (C=O) groups is 1. The van der Waals surface area contributed by atoms with E-state index in [1.165, 1.54) is 18.2 Å². The molecule has 0 bridgehead atoms. The van der Waals surface area contributed by atoms with Gasteiger partial charge in [0.15, 0.2) is 17.5 Å². The number of fused-ring (bicyclic) bond motifs is 1. The van der Waals surface area contributed by atoms with Gasteiger partial charge in [0.1, 0.15) is 23.6 Å². The molecule has 0 saturated heterocycles. The summed E-state index contributed by atoms with van der Waals surface area (Å²) in [6.45, 7) is 6.40. The number of aliphatic imine (C=N–C) groups is 1. The predicted molar refractivity (Wildman–Crippen MR) is 129 cm³/mol. The fourth-order valence-corrected chi connectivity index (χ4v) is 3.58. The largest absolute Gasteiger partial charge is 0.493 e. The van der Waals surface area contributed by atoms with Gasteiger partial charge in [-0.15, -0.1) is 24.0 Å². The molecule has 2 aromatic rings. The van der Waals surface area contributed by atoms with Gasteiger partial charge < -0.3 is 28.8 Å². The number of nitrogens with zero attached hydrogens (tertiary/aromatic N) is 2. The van der Waals surface area contributed by atoms with Crippen LogP contribution in [0.2, 0.25) is 0 Å². The standard InChI is InChI=1S/C22H29N3O5.HI/c1-6-23-22(24-12-17-11-18(14(2)30-17)21(26)29-5)25-8-7-15-9-19(27-3)20(28-4)10-16(15)13-25;/h9-11H,6-8,12-13H2,1-5H3,(H,23,24);1H. The molecule has 1 aliphatic rings. The van der Waals surface area contributed by atoms with Gasteiger partial charge in [-0.1, -0.05) is 0 Å². The number of hydrogen-bond acceptors (Lipinski definition) is 6. The minimum Gasteiger partial charge on any atom is -0.493 e. The van der Waals surface area contributed by atoms with Crippen molar-refractivity contribution in [3.05, 3.63) is 46.4 Å². The van der Waals surface area contributed by atoms with Crippen LogP contribution in [-0.2, 0) is 24.2 Å². The van der Waals surface area contributed by atoms with E-state index in [1.54, 1.807) is 27.2 Å². The lowest BCUT2D eigenvalue weighted by atomic mass is 9.99. The number of furan rings is 1. The molecule has 0 radical (unpaired) electrons. The van der Waals surface area contributed by atoms with Gasteiger partial charge >= 0.3 is 5.97 Å². The second-order valence-electron chi connectivity index (χ2n) is 6.99. The first-order valence-electron chi connectivity index (χ1n) is 9.95. The van der Waals surface area contributed by atoms with Gasteiger partial charge in [0.2, 0.25) is 0 Å². The van der Waals surface area contributed by atoms with Gasteiger partial charge in [0, 0.05) is 19.6 Å². The first kappa shape index (κ1) is 24.8. The minimum absolute atomic E-state index is 0. The van der Waals surface area contributed by atoms with Gasteiger partial charge in [-0.3, -0.25) is 0 Å². The molecular weight excluding hydrogens is 513 g/mol. The lowest BCUT2D eigenvalue weighted by Gasteiger charge is -2.32. The molecule has 0 saturated carbocycles. The molecule has 0 aliphatic carbocycles. The molecule has 1 aliphatic heterocycles. The quantitative estimate of drug-likeness (QED) is 0.258. The topological polar surface area (TPSA) is 85.5 Å². The van der Waals surface area contributed by atoms with Crippen molar-refractivity contribution in [2.24, 2.45) is 4.99 Å². The summed E-state index contributed by atoms with van der Waals surface area (Å²) in [5.41, 5.74) is 2.87. The highest BCUT2D eigenvalue weighted by atomic mass is 127. The Morgan fingerprint density at radius 2 is 1.84 bits per heavy atom. The number of benzene rings is 1. The number of hydrogen-bond donors (Lipinski definition) is 1. The Labute approximate surface area is 200 Å². The van der Waals surface area contributed by atoms with Crippen molar-refractivity contribution in [1.82, 2.24) is 10.2 Å². The Morgan fingerprint density at radius 1 is 1.16 bits per heavy atom. The van der Waals surface area contributed by atoms with Crippen LogP contribution in [0.15, 0.2) is 27.6 Å². The fourth-order valence-electron chi connectivity index (χ4n) is 3.58. The van der Waals surface area contributed by atoms with E-state index in [2.05, 4.69) is 16.3 Å². The van der Waals surface area contributed by atoms with Gasteiger partial charge in [-0.05, 0) is 49.6 Å². The highest BCUT2D eigenvalue weighted by Crippen LogP contribution is 2.33. The average Bonchev–Trinajstić information content (AvgIpc) is 3.15. The maximum Gasteiger partial charge on any atom is 0.341 e. The second kappa shape index (κ2) is 11.3. The summed E-state index contributed by atoms with van der Waals surface area (Å²) in [5.74, 6) is 3.01. The molecule has 0 fully saturated rings. The van der Waals surface area contributed by atoms with E-state index < -0.39 is 5.97 Å². The predicted octanol–water partition coefficient (Wildman–Crippen LogP) is 3.53. The fraction of sp³-hybridized carbons (Fsp3) is 0.455. The van der Waals surface area contributed by atoms with Crippen LogP contribution in [-0.4, -0.2) is 51.2 Å². The van der Waals surface area contributed by atoms with Crippen molar-refractivity contribution < 1.29 is 23.4 Å². The summed E-state index contributed by atoms with van der Waals surface area (Å²) in [6.07, 6.45) is 0.881. The average molecular weight is 543 g/mol. The molecule has 0 amide bonds. The lowest BCUT2D eigenvalue weighted by molar-refractivity contribution is 0.0599. The molecule has 1 N–H and O–H groups in total. The second-order valence-corrected chi connectivity index (χ2v) is 6.99. The highest BCUT2D eigenvalue weighted by molar-refractivity contribution is 14.0. The number of guanidine groups is 1. The van der Waals surface area contributed by atoms with Gasteiger partial charge in [-0.25, -0.2) is 9.79 Å². The Hall–Kier alpha value is -2.43. The summed E-state index contributed by atoms with van der Waals surface area (Å²) in [7, 11) is 4.65. The summed E-state index contributed by atoms with van der Waals surface area (Å²) in [5, 5.41) is 3.35. The number of rotatable bonds is 6.